The maximum absolute atomic E-state index is 5.47. The van der Waals surface area contributed by atoms with E-state index in [0.29, 0.717) is 13.2 Å². The molecule has 0 aliphatic heterocycles. The van der Waals surface area contributed by atoms with Crippen molar-refractivity contribution in [2.45, 2.75) is 13.8 Å². The molecule has 0 atom stereocenters. The summed E-state index contributed by atoms with van der Waals surface area (Å²) in [6.45, 7) is 5.35. The van der Waals surface area contributed by atoms with E-state index in [4.69, 9.17) is 9.47 Å². The van der Waals surface area contributed by atoms with Gasteiger partial charge in [0.2, 0.25) is 0 Å². The molecular formula is C31H30N4O2. The lowest BCUT2D eigenvalue weighted by atomic mass is 10.1. The Kier molecular flexibility index (Phi) is 7.17. The third kappa shape index (κ3) is 5.33. The normalized spacial score (nSPS) is 10.8. The predicted octanol–water partition coefficient (Wildman–Crippen LogP) is 7.27. The highest BCUT2D eigenvalue weighted by atomic mass is 16.5. The Labute approximate surface area is 216 Å². The molecule has 0 aliphatic rings. The number of hydrogen-bond donors (Lipinski definition) is 1. The largest absolute Gasteiger partial charge is 0.494 e. The standard InChI is InChI=1S/C16H16N2O.C15H14N2O/c1-3-19-14-8-6-12(7-9-14)15-11-13-5-4-10-17-16(13)18(15)2;1-2-18-13-7-5-11(6-8-13)14-10-12-4-3-9-16-15(12)17-14/h4-11H,3H2,1-2H3;3-10H,2H2,1H3,(H,16,17). The first-order valence-electron chi connectivity index (χ1n) is 12.5. The highest BCUT2D eigenvalue weighted by Crippen LogP contribution is 2.28. The molecule has 6 rings (SSSR count). The highest BCUT2D eigenvalue weighted by molar-refractivity contribution is 5.84. The summed E-state index contributed by atoms with van der Waals surface area (Å²) in [7, 11) is 2.04. The molecule has 0 saturated heterocycles. The van der Waals surface area contributed by atoms with E-state index in [9.17, 15) is 0 Å². The van der Waals surface area contributed by atoms with Gasteiger partial charge in [-0.25, -0.2) is 9.97 Å². The van der Waals surface area contributed by atoms with Gasteiger partial charge < -0.3 is 19.0 Å². The number of nitrogens with zero attached hydrogens (tertiary/aromatic N) is 3. The monoisotopic (exact) mass is 490 g/mol. The molecule has 0 saturated carbocycles. The molecule has 6 heteroatoms. The molecule has 0 fully saturated rings. The van der Waals surface area contributed by atoms with E-state index in [2.05, 4.69) is 68.0 Å². The lowest BCUT2D eigenvalue weighted by Gasteiger charge is -2.06. The third-order valence-electron chi connectivity index (χ3n) is 6.12. The Bertz CT molecular complexity index is 1570. The second-order valence-corrected chi connectivity index (χ2v) is 8.54. The van der Waals surface area contributed by atoms with Crippen molar-refractivity contribution in [1.29, 1.82) is 0 Å². The van der Waals surface area contributed by atoms with Crippen molar-refractivity contribution in [2.24, 2.45) is 7.05 Å². The number of aromatic amines is 1. The van der Waals surface area contributed by atoms with Gasteiger partial charge in [-0.15, -0.1) is 0 Å². The average molecular weight is 491 g/mol. The lowest BCUT2D eigenvalue weighted by molar-refractivity contribution is 0.340. The molecular weight excluding hydrogens is 460 g/mol. The van der Waals surface area contributed by atoms with Gasteiger partial charge in [0.05, 0.1) is 18.9 Å². The molecule has 0 unspecified atom stereocenters. The van der Waals surface area contributed by atoms with E-state index in [1.54, 1.807) is 6.20 Å². The number of H-pyrrole nitrogens is 1. The van der Waals surface area contributed by atoms with Crippen LogP contribution < -0.4 is 9.47 Å². The first-order chi connectivity index (χ1) is 18.2. The number of pyridine rings is 2. The van der Waals surface area contributed by atoms with Crippen molar-refractivity contribution in [3.05, 3.63) is 97.3 Å². The molecule has 6 nitrogen and oxygen atoms in total. The van der Waals surface area contributed by atoms with Gasteiger partial charge in [0, 0.05) is 35.9 Å². The molecule has 1 N–H and O–H groups in total. The van der Waals surface area contributed by atoms with Crippen LogP contribution in [0.5, 0.6) is 11.5 Å². The highest BCUT2D eigenvalue weighted by Gasteiger charge is 2.08. The minimum atomic E-state index is 0.690. The SMILES string of the molecule is CCOc1ccc(-c2cc3cccnc3[nH]2)cc1.CCOc1ccc(-c2cc3cccnc3n2C)cc1. The Morgan fingerprint density at radius 2 is 1.30 bits per heavy atom. The number of hydrogen-bond acceptors (Lipinski definition) is 4. The van der Waals surface area contributed by atoms with Gasteiger partial charge in [0.25, 0.3) is 0 Å². The Morgan fingerprint density at radius 1 is 0.703 bits per heavy atom. The van der Waals surface area contributed by atoms with Crippen LogP contribution in [0.3, 0.4) is 0 Å². The maximum Gasteiger partial charge on any atom is 0.140 e. The summed E-state index contributed by atoms with van der Waals surface area (Å²) in [6.07, 6.45) is 3.62. The Balaban J connectivity index is 0.000000152. The zero-order valence-electron chi connectivity index (χ0n) is 21.3. The van der Waals surface area contributed by atoms with Gasteiger partial charge in [-0.1, -0.05) is 0 Å². The number of benzene rings is 2. The number of ether oxygens (including phenoxy) is 2. The average Bonchev–Trinajstić information content (AvgIpc) is 3.52. The fourth-order valence-corrected chi connectivity index (χ4v) is 4.34. The minimum Gasteiger partial charge on any atom is -0.494 e. The first-order valence-corrected chi connectivity index (χ1v) is 12.5. The van der Waals surface area contributed by atoms with Crippen LogP contribution in [0, 0.1) is 0 Å². The van der Waals surface area contributed by atoms with E-state index in [0.717, 1.165) is 50.5 Å². The van der Waals surface area contributed by atoms with E-state index in [-0.39, 0.29) is 0 Å². The quantitative estimate of drug-likeness (QED) is 0.267. The van der Waals surface area contributed by atoms with E-state index < -0.39 is 0 Å². The topological polar surface area (TPSA) is 65.0 Å². The van der Waals surface area contributed by atoms with E-state index in [1.807, 2.05) is 63.5 Å². The number of aryl methyl sites for hydroxylation is 1. The number of fused-ring (bicyclic) bond motifs is 2. The molecule has 6 aromatic rings. The molecule has 2 aromatic carbocycles. The maximum atomic E-state index is 5.47. The van der Waals surface area contributed by atoms with Crippen molar-refractivity contribution in [2.75, 3.05) is 13.2 Å². The van der Waals surface area contributed by atoms with Crippen LogP contribution in [0.1, 0.15) is 13.8 Å². The van der Waals surface area contributed by atoms with Crippen LogP contribution in [0.4, 0.5) is 0 Å². The summed E-state index contributed by atoms with van der Waals surface area (Å²) in [5.41, 5.74) is 6.47. The number of nitrogens with one attached hydrogen (secondary N) is 1. The number of rotatable bonds is 6. The summed E-state index contributed by atoms with van der Waals surface area (Å²) >= 11 is 0. The summed E-state index contributed by atoms with van der Waals surface area (Å²) in [5.74, 6) is 1.80. The van der Waals surface area contributed by atoms with Gasteiger partial charge in [0.15, 0.2) is 0 Å². The molecule has 4 aromatic heterocycles. The van der Waals surface area contributed by atoms with Gasteiger partial charge >= 0.3 is 0 Å². The van der Waals surface area contributed by atoms with Crippen LogP contribution in [-0.4, -0.2) is 32.7 Å². The molecule has 0 bridgehead atoms. The van der Waals surface area contributed by atoms with Crippen molar-refractivity contribution in [3.63, 3.8) is 0 Å². The van der Waals surface area contributed by atoms with Crippen molar-refractivity contribution < 1.29 is 9.47 Å². The molecule has 0 aliphatic carbocycles. The summed E-state index contributed by atoms with van der Waals surface area (Å²) in [4.78, 5) is 12.0. The molecule has 0 radical (unpaired) electrons. The van der Waals surface area contributed by atoms with Crippen LogP contribution in [0.15, 0.2) is 97.3 Å². The van der Waals surface area contributed by atoms with Crippen LogP contribution in [0.25, 0.3) is 44.6 Å². The Morgan fingerprint density at radius 3 is 1.89 bits per heavy atom. The first kappa shape index (κ1) is 24.1. The van der Waals surface area contributed by atoms with Crippen molar-refractivity contribution >= 4 is 22.1 Å². The molecule has 4 heterocycles. The van der Waals surface area contributed by atoms with Crippen LogP contribution in [0.2, 0.25) is 0 Å². The fraction of sp³-hybridized carbons (Fsp3) is 0.161. The second-order valence-electron chi connectivity index (χ2n) is 8.54. The van der Waals surface area contributed by atoms with Crippen LogP contribution in [-0.2, 0) is 7.05 Å². The Hall–Kier alpha value is -4.58. The van der Waals surface area contributed by atoms with Crippen LogP contribution >= 0.6 is 0 Å². The smallest absolute Gasteiger partial charge is 0.140 e. The predicted molar refractivity (Wildman–Crippen MR) is 150 cm³/mol. The van der Waals surface area contributed by atoms with Gasteiger partial charge in [-0.05, 0) is 110 Å². The summed E-state index contributed by atoms with van der Waals surface area (Å²) in [6, 6.07) is 28.6. The second kappa shape index (κ2) is 11.0. The molecule has 37 heavy (non-hydrogen) atoms. The van der Waals surface area contributed by atoms with Crippen molar-refractivity contribution in [3.8, 4) is 34.0 Å². The van der Waals surface area contributed by atoms with Gasteiger partial charge in [0.1, 0.15) is 22.8 Å². The zero-order valence-corrected chi connectivity index (χ0v) is 21.3. The molecule has 0 spiro atoms. The van der Waals surface area contributed by atoms with Crippen molar-refractivity contribution in [1.82, 2.24) is 19.5 Å². The minimum absolute atomic E-state index is 0.690. The fourth-order valence-electron chi connectivity index (χ4n) is 4.34. The summed E-state index contributed by atoms with van der Waals surface area (Å²) in [5, 5.41) is 2.29. The van der Waals surface area contributed by atoms with Gasteiger partial charge in [-0.2, -0.15) is 0 Å². The van der Waals surface area contributed by atoms with Gasteiger partial charge in [-0.3, -0.25) is 0 Å². The third-order valence-corrected chi connectivity index (χ3v) is 6.12. The zero-order chi connectivity index (χ0) is 25.6. The lowest BCUT2D eigenvalue weighted by Crippen LogP contribution is -1.94. The number of aromatic nitrogens is 4. The molecule has 186 valence electrons. The summed E-state index contributed by atoms with van der Waals surface area (Å²) < 4.78 is 13.0. The van der Waals surface area contributed by atoms with E-state index in [1.165, 1.54) is 5.56 Å². The van der Waals surface area contributed by atoms with E-state index >= 15 is 0 Å². The molecule has 0 amide bonds.